The molecule has 1 fully saturated rings. The van der Waals surface area contributed by atoms with E-state index in [9.17, 15) is 4.79 Å². The number of piperidine rings is 1. The number of benzene rings is 2. The van der Waals surface area contributed by atoms with Gasteiger partial charge in [0.15, 0.2) is 0 Å². The molecule has 0 aliphatic carbocycles. The molecule has 3 N–H and O–H groups in total. The molecule has 0 saturated carbocycles. The number of nitrogens with one attached hydrogen (secondary N) is 3. The number of rotatable bonds is 4. The molecule has 24 heavy (non-hydrogen) atoms. The van der Waals surface area contributed by atoms with Crippen LogP contribution >= 0.6 is 0 Å². The number of fused-ring (bicyclic) bond motifs is 1. The third-order valence-corrected chi connectivity index (χ3v) is 4.48. The average Bonchev–Trinajstić information content (AvgIpc) is 2.97. The maximum atomic E-state index is 11.7. The largest absolute Gasteiger partial charge is 0.488 e. The van der Waals surface area contributed by atoms with Gasteiger partial charge in [0.05, 0.1) is 5.52 Å². The van der Waals surface area contributed by atoms with Gasteiger partial charge in [-0.1, -0.05) is 30.3 Å². The molecule has 1 aromatic heterocycles. The summed E-state index contributed by atoms with van der Waals surface area (Å²) in [5.41, 5.74) is 3.74. The Morgan fingerprint density at radius 1 is 1.00 bits per heavy atom. The van der Waals surface area contributed by atoms with E-state index in [4.69, 9.17) is 4.74 Å². The molecule has 0 spiro atoms. The van der Waals surface area contributed by atoms with Gasteiger partial charge in [0.1, 0.15) is 17.4 Å². The molecule has 1 aliphatic rings. The maximum absolute atomic E-state index is 11.7. The molecule has 4 rings (SSSR count). The summed E-state index contributed by atoms with van der Waals surface area (Å²) in [5, 5.41) is 3.34. The summed E-state index contributed by atoms with van der Waals surface area (Å²) in [5.74, 6) is 0.767. The Hall–Kier alpha value is -2.53. The highest BCUT2D eigenvalue weighted by Gasteiger charge is 2.17. The summed E-state index contributed by atoms with van der Waals surface area (Å²) in [6.45, 7) is 1.95. The zero-order valence-corrected chi connectivity index (χ0v) is 13.5. The van der Waals surface area contributed by atoms with Gasteiger partial charge in [-0.3, -0.25) is 0 Å². The summed E-state index contributed by atoms with van der Waals surface area (Å²) < 4.78 is 6.23. The summed E-state index contributed by atoms with van der Waals surface area (Å²) in [6, 6.07) is 14.4. The van der Waals surface area contributed by atoms with Crippen LogP contribution < -0.4 is 15.7 Å². The number of aromatic nitrogens is 2. The normalized spacial score (nSPS) is 15.7. The molecule has 124 valence electrons. The van der Waals surface area contributed by atoms with E-state index in [1.807, 2.05) is 24.3 Å². The van der Waals surface area contributed by atoms with Crippen LogP contribution in [0.15, 0.2) is 47.3 Å². The van der Waals surface area contributed by atoms with Crippen molar-refractivity contribution >= 4 is 11.0 Å². The van der Waals surface area contributed by atoms with Crippen molar-refractivity contribution in [1.29, 1.82) is 0 Å². The molecule has 0 atom stereocenters. The van der Waals surface area contributed by atoms with Gasteiger partial charge < -0.3 is 20.0 Å². The van der Waals surface area contributed by atoms with Crippen LogP contribution in [0, 0.1) is 0 Å². The first-order chi connectivity index (χ1) is 11.8. The van der Waals surface area contributed by atoms with Crippen molar-refractivity contribution < 1.29 is 4.74 Å². The van der Waals surface area contributed by atoms with Crippen molar-refractivity contribution in [1.82, 2.24) is 15.3 Å². The van der Waals surface area contributed by atoms with E-state index in [-0.39, 0.29) is 11.8 Å². The van der Waals surface area contributed by atoms with Gasteiger partial charge in [-0.15, -0.1) is 0 Å². The van der Waals surface area contributed by atoms with Gasteiger partial charge in [0.2, 0.25) is 0 Å². The second-order valence-electron chi connectivity index (χ2n) is 6.33. The standard InChI is InChI=1S/C19H21N3O2/c23-19-21-16-11-14(10-13-4-2-1-3-5-13)12-17(18(16)22-19)24-15-6-8-20-9-7-15/h1-5,11-12,15,20H,6-10H2,(H2,21,22,23). The van der Waals surface area contributed by atoms with Crippen molar-refractivity contribution in [3.8, 4) is 5.75 Å². The van der Waals surface area contributed by atoms with Crippen molar-refractivity contribution in [2.24, 2.45) is 0 Å². The van der Waals surface area contributed by atoms with Crippen LogP contribution in [0.3, 0.4) is 0 Å². The lowest BCUT2D eigenvalue weighted by molar-refractivity contribution is 0.164. The number of hydrogen-bond donors (Lipinski definition) is 3. The molecule has 2 heterocycles. The molecule has 1 saturated heterocycles. The highest BCUT2D eigenvalue weighted by molar-refractivity contribution is 5.82. The fraction of sp³-hybridized carbons (Fsp3) is 0.316. The summed E-state index contributed by atoms with van der Waals surface area (Å²) in [7, 11) is 0. The highest BCUT2D eigenvalue weighted by Crippen LogP contribution is 2.27. The van der Waals surface area contributed by atoms with Crippen LogP contribution in [0.1, 0.15) is 24.0 Å². The number of ether oxygens (including phenoxy) is 1. The average molecular weight is 323 g/mol. The maximum Gasteiger partial charge on any atom is 0.323 e. The van der Waals surface area contributed by atoms with Gasteiger partial charge in [0, 0.05) is 0 Å². The Bertz CT molecular complexity index is 877. The van der Waals surface area contributed by atoms with Crippen LogP contribution in [0.5, 0.6) is 5.75 Å². The van der Waals surface area contributed by atoms with E-state index in [1.165, 1.54) is 5.56 Å². The Balaban J connectivity index is 1.68. The monoisotopic (exact) mass is 323 g/mol. The van der Waals surface area contributed by atoms with Crippen molar-refractivity contribution in [3.63, 3.8) is 0 Å². The highest BCUT2D eigenvalue weighted by atomic mass is 16.5. The lowest BCUT2D eigenvalue weighted by Crippen LogP contribution is -2.34. The van der Waals surface area contributed by atoms with Gasteiger partial charge >= 0.3 is 5.69 Å². The first-order valence-electron chi connectivity index (χ1n) is 8.44. The van der Waals surface area contributed by atoms with E-state index in [2.05, 4.69) is 33.5 Å². The molecule has 5 nitrogen and oxygen atoms in total. The summed E-state index contributed by atoms with van der Waals surface area (Å²) >= 11 is 0. The van der Waals surface area contributed by atoms with Gasteiger partial charge in [-0.25, -0.2) is 4.79 Å². The first-order valence-corrected chi connectivity index (χ1v) is 8.44. The second-order valence-corrected chi connectivity index (χ2v) is 6.33. The van der Waals surface area contributed by atoms with Crippen molar-refractivity contribution in [2.45, 2.75) is 25.4 Å². The summed E-state index contributed by atoms with van der Waals surface area (Å²) in [4.78, 5) is 17.4. The molecule has 3 aromatic rings. The third kappa shape index (κ3) is 3.21. The van der Waals surface area contributed by atoms with Crippen LogP contribution in [-0.4, -0.2) is 29.2 Å². The molecular weight excluding hydrogens is 302 g/mol. The lowest BCUT2D eigenvalue weighted by atomic mass is 10.0. The Kier molecular flexibility index (Phi) is 4.09. The van der Waals surface area contributed by atoms with Crippen LogP contribution in [0.2, 0.25) is 0 Å². The van der Waals surface area contributed by atoms with Gasteiger partial charge in [-0.2, -0.15) is 0 Å². The quantitative estimate of drug-likeness (QED) is 0.691. The first kappa shape index (κ1) is 15.0. The Morgan fingerprint density at radius 3 is 2.58 bits per heavy atom. The molecule has 2 aromatic carbocycles. The van der Waals surface area contributed by atoms with E-state index < -0.39 is 0 Å². The number of H-pyrrole nitrogens is 2. The second kappa shape index (κ2) is 6.53. The van der Waals surface area contributed by atoms with Crippen LogP contribution in [-0.2, 0) is 6.42 Å². The van der Waals surface area contributed by atoms with Gasteiger partial charge in [-0.05, 0) is 55.6 Å². The lowest BCUT2D eigenvalue weighted by Gasteiger charge is -2.24. The number of aromatic amines is 2. The Morgan fingerprint density at radius 2 is 1.79 bits per heavy atom. The number of imidazole rings is 1. The molecule has 0 unspecified atom stereocenters. The fourth-order valence-corrected chi connectivity index (χ4v) is 3.29. The smallest absolute Gasteiger partial charge is 0.323 e. The zero-order chi connectivity index (χ0) is 16.4. The van der Waals surface area contributed by atoms with E-state index in [0.29, 0.717) is 0 Å². The number of hydrogen-bond acceptors (Lipinski definition) is 3. The predicted molar refractivity (Wildman–Crippen MR) is 94.7 cm³/mol. The minimum Gasteiger partial charge on any atom is -0.488 e. The van der Waals surface area contributed by atoms with Crippen LogP contribution in [0.4, 0.5) is 0 Å². The molecule has 0 bridgehead atoms. The van der Waals surface area contributed by atoms with Crippen LogP contribution in [0.25, 0.3) is 11.0 Å². The Labute approximate surface area is 140 Å². The fourth-order valence-electron chi connectivity index (χ4n) is 3.29. The predicted octanol–water partition coefficient (Wildman–Crippen LogP) is 2.58. The molecule has 0 radical (unpaired) electrons. The van der Waals surface area contributed by atoms with Crippen molar-refractivity contribution in [3.05, 3.63) is 64.1 Å². The molecule has 5 heteroatoms. The van der Waals surface area contributed by atoms with Crippen molar-refractivity contribution in [2.75, 3.05) is 13.1 Å². The van der Waals surface area contributed by atoms with Gasteiger partial charge in [0.25, 0.3) is 0 Å². The molecular formula is C19H21N3O2. The van der Waals surface area contributed by atoms with E-state index in [1.54, 1.807) is 0 Å². The zero-order valence-electron chi connectivity index (χ0n) is 13.5. The molecule has 1 aliphatic heterocycles. The minimum atomic E-state index is -0.197. The summed E-state index contributed by atoms with van der Waals surface area (Å²) in [6.07, 6.45) is 2.98. The van der Waals surface area contributed by atoms with E-state index >= 15 is 0 Å². The SMILES string of the molecule is O=c1[nH]c2cc(Cc3ccccc3)cc(OC3CCNCC3)c2[nH]1. The van der Waals surface area contributed by atoms with E-state index in [0.717, 1.165) is 54.7 Å². The molecule has 0 amide bonds. The third-order valence-electron chi connectivity index (χ3n) is 4.48. The minimum absolute atomic E-state index is 0.194. The topological polar surface area (TPSA) is 69.9 Å².